The Bertz CT molecular complexity index is 1070. The van der Waals surface area contributed by atoms with E-state index in [1.165, 1.54) is 0 Å². The Labute approximate surface area is 407 Å². The molecule has 0 saturated heterocycles. The molecule has 1 amide bonds. The molecule has 0 rings (SSSR count). The van der Waals surface area contributed by atoms with E-state index in [2.05, 4.69) is 0 Å². The van der Waals surface area contributed by atoms with E-state index in [0.29, 0.717) is 231 Å². The smallest absolute Gasteiger partial charge is 0.410 e. The number of amides is 1. The highest BCUT2D eigenvalue weighted by Gasteiger charge is 2.22. The monoisotopic (exact) mass is 993 g/mol. The number of hydrogen-bond acceptors (Lipinski definition) is 21. The van der Waals surface area contributed by atoms with Crippen LogP contribution in [0.1, 0.15) is 48.0 Å². The van der Waals surface area contributed by atoms with Gasteiger partial charge in [-0.05, 0) is 41.5 Å². The maximum absolute atomic E-state index is 12.8. The van der Waals surface area contributed by atoms with Crippen molar-refractivity contribution in [2.45, 2.75) is 59.2 Å². The van der Waals surface area contributed by atoms with E-state index in [4.69, 9.17) is 91.0 Å². The molecule has 0 aromatic rings. The quantitative estimate of drug-likeness (QED) is 0.0680. The zero-order chi connectivity index (χ0) is 49.9. The van der Waals surface area contributed by atoms with E-state index >= 15 is 0 Å². The first-order valence-electron chi connectivity index (χ1n) is 24.1. The normalized spacial score (nSPS) is 12.0. The van der Waals surface area contributed by atoms with Gasteiger partial charge in [0.2, 0.25) is 0 Å². The zero-order valence-corrected chi connectivity index (χ0v) is 42.6. The highest BCUT2D eigenvalue weighted by Crippen LogP contribution is 2.10. The molecule has 22 heteroatoms. The van der Waals surface area contributed by atoms with Crippen LogP contribution in [0.3, 0.4) is 0 Å². The van der Waals surface area contributed by atoms with Crippen molar-refractivity contribution < 1.29 is 94.9 Å². The number of rotatable bonds is 53. The van der Waals surface area contributed by atoms with Crippen molar-refractivity contribution in [2.75, 3.05) is 231 Å². The van der Waals surface area contributed by atoms with Gasteiger partial charge in [-0.15, -0.1) is 0 Å². The molecular formula is C46H92N2O20. The summed E-state index contributed by atoms with van der Waals surface area (Å²) in [7, 11) is 0. The average molecular weight is 993 g/mol. The Balaban J connectivity index is 3.60. The first-order valence-corrected chi connectivity index (χ1v) is 24.1. The number of carbonyl (C=O) groups excluding carboxylic acids is 2. The van der Waals surface area contributed by atoms with E-state index < -0.39 is 17.3 Å². The average Bonchev–Trinajstić information content (AvgIpc) is 3.28. The lowest BCUT2D eigenvalue weighted by Gasteiger charge is -2.27. The lowest BCUT2D eigenvalue weighted by atomic mass is 10.2. The molecule has 68 heavy (non-hydrogen) atoms. The lowest BCUT2D eigenvalue weighted by molar-refractivity contribution is -0.156. The van der Waals surface area contributed by atoms with Crippen LogP contribution in [0, 0.1) is 0 Å². The second kappa shape index (κ2) is 50.0. The Hall–Kier alpha value is -1.94. The Morgan fingerprint density at radius 1 is 0.309 bits per heavy atom. The van der Waals surface area contributed by atoms with Gasteiger partial charge in [-0.3, -0.25) is 4.79 Å². The number of hydrogen-bond donors (Lipinski definition) is 1. The summed E-state index contributed by atoms with van der Waals surface area (Å²) in [6.07, 6.45) is -0.211. The fourth-order valence-electron chi connectivity index (χ4n) is 4.88. The standard InChI is InChI=1S/C46H92N2O20/c1-45(2,3)67-43(49)7-11-51-15-19-55-23-27-59-31-35-63-39-41-65-37-33-61-29-25-57-21-17-53-13-9-48(44(50)68-46(4,5)6)10-14-54-18-22-58-26-30-62-34-38-66-42-40-64-36-32-60-28-24-56-20-16-52-12-8-47/h7-42,47H2,1-6H3. The second-order valence-corrected chi connectivity index (χ2v) is 16.4. The molecule has 0 radical (unpaired) electrons. The summed E-state index contributed by atoms with van der Waals surface area (Å²) in [6.45, 7) is 26.4. The molecule has 0 bridgehead atoms. The topological polar surface area (TPSA) is 230 Å². The fraction of sp³-hybridized carbons (Fsp3) is 0.957. The van der Waals surface area contributed by atoms with Gasteiger partial charge in [0, 0.05) is 19.6 Å². The highest BCUT2D eigenvalue weighted by molar-refractivity contribution is 5.70. The van der Waals surface area contributed by atoms with Gasteiger partial charge in [0.15, 0.2) is 0 Å². The van der Waals surface area contributed by atoms with E-state index in [1.807, 2.05) is 41.5 Å². The Kier molecular flexibility index (Phi) is 48.6. The zero-order valence-electron chi connectivity index (χ0n) is 42.6. The van der Waals surface area contributed by atoms with Gasteiger partial charge < -0.3 is 95.9 Å². The van der Waals surface area contributed by atoms with Gasteiger partial charge in [-0.25, -0.2) is 4.79 Å². The van der Waals surface area contributed by atoms with Crippen LogP contribution in [-0.2, 0) is 90.1 Å². The molecule has 0 aliphatic rings. The summed E-state index contributed by atoms with van der Waals surface area (Å²) < 4.78 is 98.7. The summed E-state index contributed by atoms with van der Waals surface area (Å²) >= 11 is 0. The minimum Gasteiger partial charge on any atom is -0.460 e. The number of ether oxygens (including phenoxy) is 18. The molecule has 0 saturated carbocycles. The maximum Gasteiger partial charge on any atom is 0.410 e. The van der Waals surface area contributed by atoms with Crippen molar-refractivity contribution in [3.8, 4) is 0 Å². The van der Waals surface area contributed by atoms with Crippen LogP contribution in [-0.4, -0.2) is 259 Å². The molecule has 22 nitrogen and oxygen atoms in total. The van der Waals surface area contributed by atoms with Crippen LogP contribution in [0.5, 0.6) is 0 Å². The molecule has 0 aromatic carbocycles. The molecule has 406 valence electrons. The van der Waals surface area contributed by atoms with E-state index in [1.54, 1.807) is 4.90 Å². The molecule has 0 spiro atoms. The van der Waals surface area contributed by atoms with Crippen LogP contribution in [0.2, 0.25) is 0 Å². The second-order valence-electron chi connectivity index (χ2n) is 16.4. The highest BCUT2D eigenvalue weighted by atomic mass is 16.6. The van der Waals surface area contributed by atoms with Gasteiger partial charge in [0.05, 0.1) is 218 Å². The molecule has 0 heterocycles. The third-order valence-corrected chi connectivity index (χ3v) is 8.00. The Morgan fingerprint density at radius 3 is 0.735 bits per heavy atom. The molecule has 0 fully saturated rings. The molecule has 0 aliphatic heterocycles. The SMILES string of the molecule is CC(C)(C)OC(=O)CCOCCOCCOCCOCCOCCOCCOCCOCCN(CCOCCOCCOCCOCCOCCOCCOCCOCCN)C(=O)OC(C)(C)C. The minimum absolute atomic E-state index is 0.219. The molecule has 0 aliphatic carbocycles. The van der Waals surface area contributed by atoms with Crippen LogP contribution >= 0.6 is 0 Å². The summed E-state index contributed by atoms with van der Waals surface area (Å²) in [4.78, 5) is 26.0. The predicted molar refractivity (Wildman–Crippen MR) is 250 cm³/mol. The summed E-state index contributed by atoms with van der Waals surface area (Å²) in [5, 5.41) is 0. The largest absolute Gasteiger partial charge is 0.460 e. The van der Waals surface area contributed by atoms with Crippen molar-refractivity contribution in [1.82, 2.24) is 4.90 Å². The molecule has 2 N–H and O–H groups in total. The van der Waals surface area contributed by atoms with E-state index in [9.17, 15) is 9.59 Å². The minimum atomic E-state index is -0.627. The summed E-state index contributed by atoms with van der Waals surface area (Å²) in [5.74, 6) is -0.275. The van der Waals surface area contributed by atoms with Gasteiger partial charge in [-0.1, -0.05) is 0 Å². The van der Waals surface area contributed by atoms with Crippen LogP contribution in [0.25, 0.3) is 0 Å². The van der Waals surface area contributed by atoms with E-state index in [0.717, 1.165) is 0 Å². The third kappa shape index (κ3) is 55.0. The van der Waals surface area contributed by atoms with Gasteiger partial charge in [0.25, 0.3) is 0 Å². The van der Waals surface area contributed by atoms with Crippen molar-refractivity contribution in [3.05, 3.63) is 0 Å². The van der Waals surface area contributed by atoms with Crippen LogP contribution in [0.15, 0.2) is 0 Å². The Morgan fingerprint density at radius 2 is 0.515 bits per heavy atom. The van der Waals surface area contributed by atoms with Gasteiger partial charge >= 0.3 is 12.1 Å². The number of nitrogens with two attached hydrogens (primary N) is 1. The molecule has 0 unspecified atom stereocenters. The first kappa shape index (κ1) is 66.1. The molecule has 0 aromatic heterocycles. The van der Waals surface area contributed by atoms with Crippen LogP contribution in [0.4, 0.5) is 4.79 Å². The van der Waals surface area contributed by atoms with Crippen molar-refractivity contribution in [1.29, 1.82) is 0 Å². The van der Waals surface area contributed by atoms with Crippen molar-refractivity contribution in [2.24, 2.45) is 5.73 Å². The number of nitrogens with zero attached hydrogens (tertiary/aromatic N) is 1. The molecular weight excluding hydrogens is 900 g/mol. The lowest BCUT2D eigenvalue weighted by Crippen LogP contribution is -2.40. The summed E-state index contributed by atoms with van der Waals surface area (Å²) in [6, 6.07) is 0. The first-order chi connectivity index (χ1) is 32.9. The van der Waals surface area contributed by atoms with Gasteiger partial charge in [-0.2, -0.15) is 0 Å². The van der Waals surface area contributed by atoms with Crippen molar-refractivity contribution >= 4 is 12.1 Å². The van der Waals surface area contributed by atoms with Crippen molar-refractivity contribution in [3.63, 3.8) is 0 Å². The van der Waals surface area contributed by atoms with Crippen LogP contribution < -0.4 is 5.73 Å². The number of esters is 1. The third-order valence-electron chi connectivity index (χ3n) is 8.00. The fourth-order valence-corrected chi connectivity index (χ4v) is 4.88. The number of carbonyl (C=O) groups is 2. The van der Waals surface area contributed by atoms with Gasteiger partial charge in [0.1, 0.15) is 11.2 Å². The predicted octanol–water partition coefficient (Wildman–Crippen LogP) is 2.18. The molecule has 0 atom stereocenters. The summed E-state index contributed by atoms with van der Waals surface area (Å²) in [5.41, 5.74) is 4.23. The van der Waals surface area contributed by atoms with E-state index in [-0.39, 0.29) is 12.4 Å². The maximum atomic E-state index is 12.8.